The fraction of sp³-hybridized carbons (Fsp3) is 0.278. The monoisotopic (exact) mass is 486 g/mol. The van der Waals surface area contributed by atoms with Crippen molar-refractivity contribution in [3.8, 4) is 0 Å². The van der Waals surface area contributed by atoms with E-state index in [0.29, 0.717) is 19.0 Å². The molecule has 2 aromatic heterocycles. The van der Waals surface area contributed by atoms with E-state index in [2.05, 4.69) is 10.1 Å². The molecule has 1 aliphatic rings. The minimum atomic E-state index is -5.79. The molecule has 1 aromatic carbocycles. The van der Waals surface area contributed by atoms with Gasteiger partial charge in [-0.2, -0.15) is 31.4 Å². The van der Waals surface area contributed by atoms with Crippen molar-refractivity contribution in [3.05, 3.63) is 58.0 Å². The second-order valence-electron chi connectivity index (χ2n) is 7.09. The molecule has 33 heavy (non-hydrogen) atoms. The number of aromatic nitrogens is 3. The largest absolute Gasteiger partial charge is 0.433 e. The van der Waals surface area contributed by atoms with Crippen LogP contribution < -0.4 is 5.32 Å². The van der Waals surface area contributed by atoms with Crippen LogP contribution in [0, 0.1) is 23.3 Å². The fourth-order valence-electron chi connectivity index (χ4n) is 3.10. The Bertz CT molecular complexity index is 1260. The van der Waals surface area contributed by atoms with Gasteiger partial charge in [0.25, 0.3) is 5.91 Å². The lowest BCUT2D eigenvalue weighted by Gasteiger charge is -2.14. The van der Waals surface area contributed by atoms with Crippen LogP contribution in [-0.4, -0.2) is 20.5 Å². The average molecular weight is 486 g/mol. The number of hydrogen-bond donors (Lipinski definition) is 1. The van der Waals surface area contributed by atoms with Gasteiger partial charge in [-0.3, -0.25) is 4.79 Å². The Kier molecular flexibility index (Phi) is 5.05. The summed E-state index contributed by atoms with van der Waals surface area (Å²) in [6, 6.07) is 0.722. The predicted molar refractivity (Wildman–Crippen MR) is 89.2 cm³/mol. The quantitative estimate of drug-likeness (QED) is 0.396. The van der Waals surface area contributed by atoms with Gasteiger partial charge in [0.15, 0.2) is 28.9 Å². The van der Waals surface area contributed by atoms with E-state index in [-0.39, 0.29) is 16.1 Å². The third-order valence-corrected chi connectivity index (χ3v) is 4.81. The molecule has 0 atom stereocenters. The summed E-state index contributed by atoms with van der Waals surface area (Å²) in [5, 5.41) is 4.73. The summed E-state index contributed by atoms with van der Waals surface area (Å²) < 4.78 is 134. The number of nitrogens with one attached hydrogen (secondary N) is 1. The zero-order valence-corrected chi connectivity index (χ0v) is 15.7. The topological polar surface area (TPSA) is 59.3 Å². The number of carbonyl (C=O) groups excluding carboxylic acids is 1. The standard InChI is InChI=1S/C18H8F10N4O/c19-10-9(18(26,27)28)11(20)13(22)14(12(10)21)31-16(33)6-4-29-32-8(17(23,24)25)3-7(5-1-2-5)30-15(6)32/h3-5H,1-2H2,(H,31,33). The Morgan fingerprint density at radius 3 is 2.00 bits per heavy atom. The van der Waals surface area contributed by atoms with Crippen molar-refractivity contribution in [1.29, 1.82) is 0 Å². The van der Waals surface area contributed by atoms with Gasteiger partial charge in [-0.1, -0.05) is 0 Å². The van der Waals surface area contributed by atoms with Crippen LogP contribution in [0.5, 0.6) is 0 Å². The van der Waals surface area contributed by atoms with Gasteiger partial charge in [0.05, 0.1) is 6.20 Å². The minimum absolute atomic E-state index is 0.0339. The van der Waals surface area contributed by atoms with Gasteiger partial charge in [-0.15, -0.1) is 0 Å². The summed E-state index contributed by atoms with van der Waals surface area (Å²) in [5.74, 6) is -12.7. The van der Waals surface area contributed by atoms with Crippen molar-refractivity contribution in [2.75, 3.05) is 5.32 Å². The molecule has 3 aromatic rings. The lowest BCUT2D eigenvalue weighted by molar-refractivity contribution is -0.143. The van der Waals surface area contributed by atoms with Gasteiger partial charge >= 0.3 is 12.4 Å². The van der Waals surface area contributed by atoms with Gasteiger partial charge in [0.1, 0.15) is 22.5 Å². The molecule has 1 N–H and O–H groups in total. The van der Waals surface area contributed by atoms with Crippen molar-refractivity contribution < 1.29 is 48.7 Å². The Morgan fingerprint density at radius 2 is 1.52 bits per heavy atom. The van der Waals surface area contributed by atoms with E-state index in [1.54, 1.807) is 0 Å². The Balaban J connectivity index is 1.81. The molecule has 1 saturated carbocycles. The fourth-order valence-corrected chi connectivity index (χ4v) is 3.10. The molecule has 0 aliphatic heterocycles. The predicted octanol–water partition coefficient (Wildman–Crippen LogP) is 5.45. The van der Waals surface area contributed by atoms with Crippen LogP contribution in [0.2, 0.25) is 0 Å². The first kappa shape index (κ1) is 22.8. The zero-order chi connectivity index (χ0) is 24.5. The molecule has 176 valence electrons. The van der Waals surface area contributed by atoms with E-state index in [1.807, 2.05) is 0 Å². The van der Waals surface area contributed by atoms with Gasteiger partial charge in [-0.25, -0.2) is 27.1 Å². The number of benzene rings is 1. The summed E-state index contributed by atoms with van der Waals surface area (Å²) in [5.41, 5.74) is -7.56. The number of amides is 1. The van der Waals surface area contributed by atoms with Gasteiger partial charge in [0, 0.05) is 11.6 Å². The maximum atomic E-state index is 14.1. The number of anilines is 1. The molecule has 0 spiro atoms. The minimum Gasteiger partial charge on any atom is -0.317 e. The van der Waals surface area contributed by atoms with Crippen LogP contribution in [0.1, 0.15) is 46.1 Å². The third kappa shape index (κ3) is 3.84. The number of hydrogen-bond acceptors (Lipinski definition) is 3. The van der Waals surface area contributed by atoms with Crippen LogP contribution in [-0.2, 0) is 12.4 Å². The molecule has 2 heterocycles. The molecule has 15 heteroatoms. The smallest absolute Gasteiger partial charge is 0.317 e. The van der Waals surface area contributed by atoms with E-state index >= 15 is 0 Å². The number of alkyl halides is 6. The second-order valence-corrected chi connectivity index (χ2v) is 7.09. The Hall–Kier alpha value is -3.39. The summed E-state index contributed by atoms with van der Waals surface area (Å²) in [4.78, 5) is 16.4. The molecule has 0 saturated heterocycles. The maximum absolute atomic E-state index is 14.1. The molecule has 1 amide bonds. The first-order valence-corrected chi connectivity index (χ1v) is 8.92. The SMILES string of the molecule is O=C(Nc1c(F)c(F)c(C(F)(F)F)c(F)c1F)c1cnn2c(C(F)(F)F)cc(C3CC3)nc12. The molecule has 0 bridgehead atoms. The van der Waals surface area contributed by atoms with Crippen LogP contribution in [0.4, 0.5) is 49.6 Å². The zero-order valence-electron chi connectivity index (χ0n) is 15.7. The molecule has 4 rings (SSSR count). The van der Waals surface area contributed by atoms with Gasteiger partial charge in [-0.05, 0) is 18.9 Å². The van der Waals surface area contributed by atoms with E-state index in [0.717, 1.165) is 6.07 Å². The number of halogens is 10. The Labute approximate surface area is 176 Å². The summed E-state index contributed by atoms with van der Waals surface area (Å²) >= 11 is 0. The molecule has 1 fully saturated rings. The van der Waals surface area contributed by atoms with Gasteiger partial charge < -0.3 is 5.32 Å². The summed E-state index contributed by atoms with van der Waals surface area (Å²) in [6.45, 7) is 0. The Morgan fingerprint density at radius 1 is 0.939 bits per heavy atom. The number of rotatable bonds is 3. The molecule has 0 unspecified atom stereocenters. The number of carbonyl (C=O) groups is 1. The summed E-state index contributed by atoms with van der Waals surface area (Å²) in [6.07, 6.45) is -9.12. The van der Waals surface area contributed by atoms with Crippen LogP contribution >= 0.6 is 0 Å². The first-order chi connectivity index (χ1) is 15.2. The molecule has 1 aliphatic carbocycles. The van der Waals surface area contributed by atoms with E-state index < -0.39 is 69.7 Å². The van der Waals surface area contributed by atoms with Crippen molar-refractivity contribution in [2.24, 2.45) is 0 Å². The van der Waals surface area contributed by atoms with E-state index in [1.165, 1.54) is 5.32 Å². The summed E-state index contributed by atoms with van der Waals surface area (Å²) in [7, 11) is 0. The number of fused-ring (bicyclic) bond motifs is 1. The first-order valence-electron chi connectivity index (χ1n) is 8.92. The van der Waals surface area contributed by atoms with Crippen molar-refractivity contribution in [3.63, 3.8) is 0 Å². The van der Waals surface area contributed by atoms with Crippen molar-refractivity contribution in [2.45, 2.75) is 31.1 Å². The lowest BCUT2D eigenvalue weighted by atomic mass is 10.1. The highest BCUT2D eigenvalue weighted by Crippen LogP contribution is 2.42. The molecular weight excluding hydrogens is 478 g/mol. The van der Waals surface area contributed by atoms with E-state index in [4.69, 9.17) is 0 Å². The lowest BCUT2D eigenvalue weighted by Crippen LogP contribution is -2.20. The van der Waals surface area contributed by atoms with Crippen molar-refractivity contribution in [1.82, 2.24) is 14.6 Å². The second kappa shape index (κ2) is 7.31. The maximum Gasteiger partial charge on any atom is 0.433 e. The van der Waals surface area contributed by atoms with E-state index in [9.17, 15) is 48.7 Å². The average Bonchev–Trinajstić information content (AvgIpc) is 3.46. The highest BCUT2D eigenvalue weighted by molar-refractivity contribution is 6.08. The number of nitrogens with zero attached hydrogens (tertiary/aromatic N) is 3. The highest BCUT2D eigenvalue weighted by atomic mass is 19.4. The molecule has 0 radical (unpaired) electrons. The molecular formula is C18H8F10N4O. The van der Waals surface area contributed by atoms with Crippen LogP contribution in [0.15, 0.2) is 12.3 Å². The normalized spacial score (nSPS) is 14.7. The highest BCUT2D eigenvalue weighted by Gasteiger charge is 2.43. The van der Waals surface area contributed by atoms with Crippen LogP contribution in [0.25, 0.3) is 5.65 Å². The third-order valence-electron chi connectivity index (χ3n) is 4.81. The van der Waals surface area contributed by atoms with Gasteiger partial charge in [0.2, 0.25) is 0 Å². The van der Waals surface area contributed by atoms with Crippen LogP contribution in [0.3, 0.4) is 0 Å². The molecule has 5 nitrogen and oxygen atoms in total. The van der Waals surface area contributed by atoms with Crippen molar-refractivity contribution >= 4 is 17.2 Å².